The number of rotatable bonds is 25. The van der Waals surface area contributed by atoms with Crippen molar-refractivity contribution < 1.29 is 326 Å². The predicted octanol–water partition coefficient (Wildman–Crippen LogP) is -1.58. The number of pyridine rings is 1. The molecule has 41 nitrogen and oxygen atoms in total. The van der Waals surface area contributed by atoms with Crippen molar-refractivity contribution >= 4 is 28.2 Å². The number of aromatic nitrogens is 1. The van der Waals surface area contributed by atoms with Crippen LogP contribution in [0, 0.1) is 0 Å². The molecule has 1 atom stereocenters. The second-order valence-corrected chi connectivity index (χ2v) is 59.9. The van der Waals surface area contributed by atoms with Crippen LogP contribution in [-0.4, -0.2) is 12.5 Å². The molecule has 0 aliphatic carbocycles. The van der Waals surface area contributed by atoms with E-state index >= 15 is 0 Å². The Bertz CT molecular complexity index is 3320. The standard InChI is InChI=1S/C9H7N.12Mo.H3O4P.H2OP.2H2O.33O/c1-2-6-9-8(4-1)5-3-7-10-9;;;;;;;;;;;;;1-5(2,3)4;1-2;;;;;;;;;;;;;;;;;;;;;;;;;;;;;;;;;;;/h1-7H;;;;;;;;;;;;;(H3,1,2,3,4);2H2;2*1H2;;;;;;;;;;;;;;;;;;;;;;;;;;;;;;;;;/q;;;;;;;6*+1;;-1;;;;;;;;;;;;;;;;;;;;;;;;;;;;;;;;;;;/p-5. The number of nitrogens with zero attached hydrogens (tertiary/aromatic N) is 1. The van der Waals surface area contributed by atoms with Crippen molar-refractivity contribution in [1.29, 1.82) is 0 Å². The van der Waals surface area contributed by atoms with Gasteiger partial charge in [0, 0.05) is 11.6 Å². The monoisotopic (exact) mass is 2010 g/mol. The van der Waals surface area contributed by atoms with Gasteiger partial charge in [-0.1, -0.05) is 24.3 Å². The van der Waals surface area contributed by atoms with Gasteiger partial charge in [-0.3, -0.25) is 4.98 Å². The molecular formula is C9H11Mo12NO40P2. The summed E-state index contributed by atoms with van der Waals surface area (Å²) in [5, 5.41) is 1.20. The van der Waals surface area contributed by atoms with Crippen molar-refractivity contribution in [2.75, 3.05) is 0 Å². The van der Waals surface area contributed by atoms with E-state index in [0.29, 0.717) is 0 Å². The molecule has 2 aromatic rings. The molecule has 1 unspecified atom stereocenters. The van der Waals surface area contributed by atoms with Crippen molar-refractivity contribution in [1.82, 2.24) is 4.98 Å². The van der Waals surface area contributed by atoms with Gasteiger partial charge in [-0.05, 0) is 12.1 Å². The molecule has 0 saturated heterocycles. The van der Waals surface area contributed by atoms with Crippen LogP contribution in [0.15, 0.2) is 42.6 Å². The molecule has 0 radical (unpaired) electrons. The van der Waals surface area contributed by atoms with Gasteiger partial charge in [-0.15, -0.1) is 0 Å². The van der Waals surface area contributed by atoms with Crippen LogP contribution >= 0.6 is 17.3 Å². The van der Waals surface area contributed by atoms with Crippen molar-refractivity contribution in [2.45, 2.75) is 0 Å². The maximum absolute atomic E-state index is 12.8. The zero-order chi connectivity index (χ0) is 50.5. The summed E-state index contributed by atoms with van der Waals surface area (Å²) in [6.07, 6.45) is 1.81. The van der Waals surface area contributed by atoms with E-state index in [9.17, 15) is 86.1 Å². The third-order valence-electron chi connectivity index (χ3n) is 3.68. The predicted molar refractivity (Wildman–Crippen MR) is 94.1 cm³/mol. The molecule has 0 saturated carbocycles. The maximum atomic E-state index is 12.8. The van der Waals surface area contributed by atoms with E-state index in [1.54, 1.807) is 0 Å². The molecule has 64 heavy (non-hydrogen) atoms. The summed E-state index contributed by atoms with van der Waals surface area (Å²) in [5.74, 6) is 0. The van der Waals surface area contributed by atoms with Crippen LogP contribution in [-0.2, 0) is 318 Å². The molecule has 0 aliphatic rings. The number of para-hydroxylation sites is 1. The van der Waals surface area contributed by atoms with Crippen LogP contribution in [0.5, 0.6) is 0 Å². The van der Waals surface area contributed by atoms with E-state index in [2.05, 4.69) is 48.2 Å². The van der Waals surface area contributed by atoms with Gasteiger partial charge < -0.3 is 0 Å². The van der Waals surface area contributed by atoms with Crippen molar-refractivity contribution in [2.24, 2.45) is 0 Å². The second-order valence-electron chi connectivity index (χ2n) is 8.51. The SMILES string of the molecule is O=P([O][Mo](=[O])(=[O])[O][Mo](=[O])(=[O])[O][Mo](=[O])(=[O])[O][Mo](=[O])(=[O])[OH])([O][Mo](=[O])(=[O])[O][Mo](=[O])(=[O])[O][Mo](=[O])(=[O])[O][Mo](=[O])(=[O])[OH])[O][Mo](=[O])(=[O])[O][Mo](=[O])(=[O])[O][Mo](=[O])(=[O])[O][Mo](=[O])(=[O])[O]P.c1ccc2ncccc2c1. The van der Waals surface area contributed by atoms with E-state index < -0.39 is 209 Å². The normalized spacial score (nSPS) is 14.7. The second kappa shape index (κ2) is 23.4. The van der Waals surface area contributed by atoms with E-state index in [-0.39, 0.29) is 0 Å². The van der Waals surface area contributed by atoms with Crippen molar-refractivity contribution in [3.05, 3.63) is 42.6 Å². The Hall–Kier alpha value is 2.15. The largest absolute Gasteiger partial charge is 0.256 e. The number of hydrogen-bond acceptors (Lipinski definition) is 39. The van der Waals surface area contributed by atoms with E-state index in [1.165, 1.54) is 5.39 Å². The van der Waals surface area contributed by atoms with Crippen molar-refractivity contribution in [3.8, 4) is 0 Å². The quantitative estimate of drug-likeness (QED) is 0.0836. The maximum Gasteiger partial charge on any atom is 0.0701 e. The fourth-order valence-electron chi connectivity index (χ4n) is 2.44. The summed E-state index contributed by atoms with van der Waals surface area (Å²) in [4.78, 5) is 4.18. The van der Waals surface area contributed by atoms with E-state index in [0.717, 1.165) is 15.0 Å². The first-order valence-electron chi connectivity index (χ1n) is 12.3. The first kappa shape index (κ1) is 64.2. The minimum Gasteiger partial charge on any atom is -0.256 e. The summed E-state index contributed by atoms with van der Waals surface area (Å²) in [7, 11) is -7.03. The fourth-order valence-corrected chi connectivity index (χ4v) is 62.9. The summed E-state index contributed by atoms with van der Waals surface area (Å²) >= 11 is -96.8. The third kappa shape index (κ3) is 28.3. The molecule has 1 aromatic carbocycles. The van der Waals surface area contributed by atoms with Crippen LogP contribution in [0.2, 0.25) is 0 Å². The number of fused-ring (bicyclic) bond motifs is 1. The molecule has 2 N–H and O–H groups in total. The smallest absolute Gasteiger partial charge is 0.0701 e. The molecule has 0 spiro atoms. The van der Waals surface area contributed by atoms with Crippen LogP contribution in [0.1, 0.15) is 0 Å². The molecule has 374 valence electrons. The molecule has 0 fully saturated rings. The average Bonchev–Trinajstić information content (AvgIpc) is 2.92. The summed E-state index contributed by atoms with van der Waals surface area (Å²) in [6.45, 7) is 0. The third-order valence-corrected chi connectivity index (χ3v) is 66.0. The number of hydrogen-bond donors (Lipinski definition) is 2. The van der Waals surface area contributed by atoms with Gasteiger partial charge in [0.15, 0.2) is 0 Å². The Morgan fingerprint density at radius 2 is 0.656 bits per heavy atom. The zero-order valence-corrected chi connectivity index (χ0v) is 54.0. The Morgan fingerprint density at radius 1 is 0.391 bits per heavy atom. The van der Waals surface area contributed by atoms with Gasteiger partial charge in [-0.2, -0.15) is 0 Å². The fraction of sp³-hybridized carbons (Fsp3) is 0. The molecule has 1 heterocycles. The topological polar surface area (TPSA) is 600 Å². The number of phosphoric acid groups is 1. The van der Waals surface area contributed by atoms with Crippen LogP contribution in [0.25, 0.3) is 10.9 Å². The van der Waals surface area contributed by atoms with Gasteiger partial charge in [0.25, 0.3) is 0 Å². The van der Waals surface area contributed by atoms with Gasteiger partial charge >= 0.3 is 343 Å². The van der Waals surface area contributed by atoms with Crippen LogP contribution in [0.3, 0.4) is 0 Å². The van der Waals surface area contributed by atoms with Gasteiger partial charge in [0.1, 0.15) is 0 Å². The number of benzene rings is 1. The first-order valence-corrected chi connectivity index (χ1v) is 53.7. The van der Waals surface area contributed by atoms with Gasteiger partial charge in [0.2, 0.25) is 0 Å². The van der Waals surface area contributed by atoms with Crippen LogP contribution < -0.4 is 0 Å². The summed E-state index contributed by atoms with van der Waals surface area (Å²) in [6, 6.07) is 12.1. The zero-order valence-electron chi connectivity index (χ0n) is 27.8. The van der Waals surface area contributed by atoms with Crippen molar-refractivity contribution in [3.63, 3.8) is 0 Å². The Labute approximate surface area is 394 Å². The average molecular weight is 1990 g/mol. The van der Waals surface area contributed by atoms with Gasteiger partial charge in [-0.25, -0.2) is 0 Å². The van der Waals surface area contributed by atoms with Gasteiger partial charge in [0.05, 0.1) is 5.52 Å². The Balaban J connectivity index is 0.00000176. The summed E-state index contributed by atoms with van der Waals surface area (Å²) < 4.78 is 345. The molecule has 55 heteroatoms. The van der Waals surface area contributed by atoms with E-state index in [4.69, 9.17) is 7.52 Å². The minimum absolute atomic E-state index is 0.870. The minimum atomic E-state index is -8.79. The van der Waals surface area contributed by atoms with E-state index in [1.807, 2.05) is 30.5 Å². The Morgan fingerprint density at radius 3 is 0.953 bits per heavy atom. The summed E-state index contributed by atoms with van der Waals surface area (Å²) in [5.41, 5.74) is 1.06. The molecule has 0 bridgehead atoms. The first-order chi connectivity index (χ1) is 28.0. The Kier molecular flexibility index (Phi) is 23.4. The molecule has 0 amide bonds. The molecule has 0 aliphatic heterocycles. The molecular weight excluding hydrogens is 1980 g/mol. The molecule has 1 aromatic heterocycles. The van der Waals surface area contributed by atoms with Crippen LogP contribution in [0.4, 0.5) is 0 Å². The molecule has 2 rings (SSSR count).